The fourth-order valence-corrected chi connectivity index (χ4v) is 2.00. The van der Waals surface area contributed by atoms with Crippen LogP contribution in [0.2, 0.25) is 0 Å². The Morgan fingerprint density at radius 3 is 2.44 bits per heavy atom. The number of anilines is 1. The number of hydrogen-bond acceptors (Lipinski definition) is 8. The lowest BCUT2D eigenvalue weighted by Gasteiger charge is -2.20. The van der Waals surface area contributed by atoms with E-state index >= 15 is 0 Å². The van der Waals surface area contributed by atoms with Gasteiger partial charge >= 0.3 is 17.7 Å². The van der Waals surface area contributed by atoms with Crippen LogP contribution < -0.4 is 11.4 Å². The molecule has 1 aliphatic heterocycles. The second-order valence-corrected chi connectivity index (χ2v) is 4.89. The van der Waals surface area contributed by atoms with Crippen LogP contribution in [-0.4, -0.2) is 54.5 Å². The Morgan fingerprint density at radius 1 is 1.36 bits per heavy atom. The van der Waals surface area contributed by atoms with Crippen molar-refractivity contribution in [2.75, 3.05) is 12.3 Å². The molecule has 4 N–H and O–H groups in total. The SMILES string of the molecule is Fc1ncccn1.Nc1ccn([C@@H]2O[C@H](CO)[C@@H](O)C2(F)F)c(=O)n1. The molecule has 1 aliphatic rings. The molecule has 0 radical (unpaired) electrons. The van der Waals surface area contributed by atoms with Gasteiger partial charge in [0.15, 0.2) is 6.10 Å². The molecule has 3 atom stereocenters. The van der Waals surface area contributed by atoms with Gasteiger partial charge < -0.3 is 20.7 Å². The Morgan fingerprint density at radius 2 is 2.00 bits per heavy atom. The van der Waals surface area contributed by atoms with E-state index in [-0.39, 0.29) is 5.82 Å². The Bertz CT molecular complexity index is 761. The van der Waals surface area contributed by atoms with Crippen LogP contribution in [-0.2, 0) is 4.74 Å². The van der Waals surface area contributed by atoms with Gasteiger partial charge in [-0.15, -0.1) is 0 Å². The number of aromatic nitrogens is 4. The highest BCUT2D eigenvalue weighted by atomic mass is 19.3. The fourth-order valence-electron chi connectivity index (χ4n) is 2.00. The predicted molar refractivity (Wildman–Crippen MR) is 76.8 cm³/mol. The molecule has 0 amide bonds. The Labute approximate surface area is 138 Å². The summed E-state index contributed by atoms with van der Waals surface area (Å²) in [5.74, 6) is -3.83. The molecular formula is C13H14F3N5O4. The Hall–Kier alpha value is -2.57. The average molecular weight is 361 g/mol. The minimum absolute atomic E-state index is 0.114. The molecule has 1 fully saturated rings. The molecule has 2 aromatic heterocycles. The zero-order chi connectivity index (χ0) is 18.6. The summed E-state index contributed by atoms with van der Waals surface area (Å²) in [6.45, 7) is -0.787. The second-order valence-electron chi connectivity index (χ2n) is 4.89. The molecule has 3 heterocycles. The summed E-state index contributed by atoms with van der Waals surface area (Å²) >= 11 is 0. The van der Waals surface area contributed by atoms with Crippen LogP contribution in [0.25, 0.3) is 0 Å². The van der Waals surface area contributed by atoms with Crippen LogP contribution in [0, 0.1) is 6.08 Å². The molecule has 0 unspecified atom stereocenters. The number of rotatable bonds is 2. The molecular weight excluding hydrogens is 347 g/mol. The molecule has 1 saturated heterocycles. The summed E-state index contributed by atoms with van der Waals surface area (Å²) in [5, 5.41) is 18.1. The lowest BCUT2D eigenvalue weighted by molar-refractivity contribution is -0.140. The third-order valence-corrected chi connectivity index (χ3v) is 3.20. The normalized spacial score (nSPS) is 24.4. The highest BCUT2D eigenvalue weighted by Crippen LogP contribution is 2.41. The topological polar surface area (TPSA) is 136 Å². The van der Waals surface area contributed by atoms with Gasteiger partial charge in [0.25, 0.3) is 0 Å². The van der Waals surface area contributed by atoms with Crippen LogP contribution in [0.3, 0.4) is 0 Å². The second kappa shape index (κ2) is 7.55. The first-order valence-corrected chi connectivity index (χ1v) is 6.86. The van der Waals surface area contributed by atoms with E-state index in [2.05, 4.69) is 15.0 Å². The van der Waals surface area contributed by atoms with Gasteiger partial charge in [0.1, 0.15) is 11.9 Å². The fraction of sp³-hybridized carbons (Fsp3) is 0.385. The number of aliphatic hydroxyl groups is 2. The van der Waals surface area contributed by atoms with Crippen molar-refractivity contribution in [3.63, 3.8) is 0 Å². The van der Waals surface area contributed by atoms with E-state index in [0.717, 1.165) is 12.3 Å². The molecule has 12 heteroatoms. The first kappa shape index (κ1) is 18.8. The summed E-state index contributed by atoms with van der Waals surface area (Å²) in [5.41, 5.74) is 4.21. The number of aliphatic hydroxyl groups excluding tert-OH is 2. The minimum Gasteiger partial charge on any atom is -0.394 e. The van der Waals surface area contributed by atoms with Crippen LogP contribution >= 0.6 is 0 Å². The van der Waals surface area contributed by atoms with Gasteiger partial charge in [0.05, 0.1) is 6.61 Å². The monoisotopic (exact) mass is 361 g/mol. The van der Waals surface area contributed by atoms with Crippen molar-refractivity contribution in [2.45, 2.75) is 24.4 Å². The standard InChI is InChI=1S/C9H11F2N3O4.C4H3FN2/c10-9(11)6(16)4(3-15)18-7(9)14-2-1-5(12)13-8(14)17;5-4-6-2-1-3-7-4/h1-2,4,6-7,15-16H,3H2,(H2,12,13,17);1-3H/t4-,6-,7-;/m1./s1. The first-order chi connectivity index (χ1) is 11.8. The molecule has 25 heavy (non-hydrogen) atoms. The van der Waals surface area contributed by atoms with Crippen LogP contribution in [0.5, 0.6) is 0 Å². The van der Waals surface area contributed by atoms with E-state index < -0.39 is 42.7 Å². The lowest BCUT2D eigenvalue weighted by Crippen LogP contribution is -2.41. The zero-order valence-electron chi connectivity index (χ0n) is 12.5. The van der Waals surface area contributed by atoms with Crippen molar-refractivity contribution in [1.82, 2.24) is 19.5 Å². The van der Waals surface area contributed by atoms with Gasteiger partial charge in [-0.25, -0.2) is 14.8 Å². The number of nitrogen functional groups attached to an aromatic ring is 1. The van der Waals surface area contributed by atoms with Crippen molar-refractivity contribution in [1.29, 1.82) is 0 Å². The van der Waals surface area contributed by atoms with Crippen LogP contribution in [0.15, 0.2) is 35.5 Å². The maximum absolute atomic E-state index is 13.7. The molecule has 0 spiro atoms. The third-order valence-electron chi connectivity index (χ3n) is 3.20. The Kier molecular flexibility index (Phi) is 5.66. The number of nitrogens with zero attached hydrogens (tertiary/aromatic N) is 4. The number of alkyl halides is 2. The molecule has 136 valence electrons. The molecule has 3 rings (SSSR count). The van der Waals surface area contributed by atoms with Crippen molar-refractivity contribution < 1.29 is 28.1 Å². The first-order valence-electron chi connectivity index (χ1n) is 6.86. The number of hydrogen-bond donors (Lipinski definition) is 3. The summed E-state index contributed by atoms with van der Waals surface area (Å²) in [7, 11) is 0. The maximum Gasteiger partial charge on any atom is 0.351 e. The van der Waals surface area contributed by atoms with Crippen LogP contribution in [0.4, 0.5) is 19.0 Å². The average Bonchev–Trinajstić information content (AvgIpc) is 2.79. The van der Waals surface area contributed by atoms with Gasteiger partial charge in [0.2, 0.25) is 6.23 Å². The number of halogens is 3. The van der Waals surface area contributed by atoms with Crippen molar-refractivity contribution in [3.05, 3.63) is 47.3 Å². The van der Waals surface area contributed by atoms with E-state index in [1.165, 1.54) is 12.4 Å². The zero-order valence-corrected chi connectivity index (χ0v) is 12.5. The number of ether oxygens (including phenoxy) is 1. The maximum atomic E-state index is 13.7. The molecule has 9 nitrogen and oxygen atoms in total. The molecule has 0 saturated carbocycles. The number of nitrogens with two attached hydrogens (primary N) is 1. The Balaban J connectivity index is 0.000000269. The van der Waals surface area contributed by atoms with E-state index in [1.54, 1.807) is 6.07 Å². The minimum atomic E-state index is -3.71. The largest absolute Gasteiger partial charge is 0.394 e. The third kappa shape index (κ3) is 4.10. The van der Waals surface area contributed by atoms with E-state index in [4.69, 9.17) is 15.6 Å². The van der Waals surface area contributed by atoms with Crippen molar-refractivity contribution in [2.24, 2.45) is 0 Å². The van der Waals surface area contributed by atoms with E-state index in [0.29, 0.717) is 4.57 Å². The molecule has 0 aromatic carbocycles. The molecule has 0 bridgehead atoms. The predicted octanol–water partition coefficient (Wildman–Crippen LogP) is -0.673. The highest BCUT2D eigenvalue weighted by molar-refractivity contribution is 5.23. The smallest absolute Gasteiger partial charge is 0.351 e. The van der Waals surface area contributed by atoms with Crippen molar-refractivity contribution in [3.8, 4) is 0 Å². The highest BCUT2D eigenvalue weighted by Gasteiger charge is 2.59. The van der Waals surface area contributed by atoms with Gasteiger partial charge in [-0.3, -0.25) is 4.57 Å². The summed E-state index contributed by atoms with van der Waals surface area (Å²) < 4.78 is 44.4. The summed E-state index contributed by atoms with van der Waals surface area (Å²) in [6, 6.07) is 2.71. The van der Waals surface area contributed by atoms with Crippen molar-refractivity contribution >= 4 is 5.82 Å². The lowest BCUT2D eigenvalue weighted by atomic mass is 10.1. The molecule has 0 aliphatic carbocycles. The van der Waals surface area contributed by atoms with E-state index in [1.807, 2.05) is 0 Å². The summed E-state index contributed by atoms with van der Waals surface area (Å²) in [4.78, 5) is 21.1. The molecule has 2 aromatic rings. The quantitative estimate of drug-likeness (QED) is 0.599. The van der Waals surface area contributed by atoms with Gasteiger partial charge in [0, 0.05) is 18.6 Å². The van der Waals surface area contributed by atoms with Gasteiger partial charge in [-0.1, -0.05) is 0 Å². The van der Waals surface area contributed by atoms with Gasteiger partial charge in [-0.05, 0) is 12.1 Å². The van der Waals surface area contributed by atoms with E-state index in [9.17, 15) is 23.1 Å². The van der Waals surface area contributed by atoms with Gasteiger partial charge in [-0.2, -0.15) is 18.2 Å². The van der Waals surface area contributed by atoms with Crippen LogP contribution in [0.1, 0.15) is 6.23 Å². The summed E-state index contributed by atoms with van der Waals surface area (Å²) in [6.07, 6.45) is -2.67.